The highest BCUT2D eigenvalue weighted by Gasteiger charge is 2.29. The maximum atomic E-state index is 12.6. The van der Waals surface area contributed by atoms with Crippen LogP contribution < -0.4 is 11.1 Å². The van der Waals surface area contributed by atoms with Crippen molar-refractivity contribution < 1.29 is 19.5 Å². The molecular weight excluding hydrogens is 286 g/mol. The SMILES string of the molecule is CCCCC(NC(N)=O)C(=O)N1CCCC(CCC(=O)O)C1. The van der Waals surface area contributed by atoms with Crippen molar-refractivity contribution in [1.82, 2.24) is 10.2 Å². The molecule has 1 saturated heterocycles. The number of nitrogens with zero attached hydrogens (tertiary/aromatic N) is 1. The van der Waals surface area contributed by atoms with Gasteiger partial charge in [-0.1, -0.05) is 19.8 Å². The van der Waals surface area contributed by atoms with E-state index in [9.17, 15) is 14.4 Å². The molecule has 1 rings (SSSR count). The summed E-state index contributed by atoms with van der Waals surface area (Å²) in [6, 6.07) is -1.26. The summed E-state index contributed by atoms with van der Waals surface area (Å²) in [5.41, 5.74) is 5.15. The van der Waals surface area contributed by atoms with E-state index in [4.69, 9.17) is 10.8 Å². The van der Waals surface area contributed by atoms with E-state index in [1.165, 1.54) is 0 Å². The van der Waals surface area contributed by atoms with Crippen molar-refractivity contribution >= 4 is 17.9 Å². The van der Waals surface area contributed by atoms with Gasteiger partial charge in [0.05, 0.1) is 0 Å². The van der Waals surface area contributed by atoms with Gasteiger partial charge < -0.3 is 21.1 Å². The predicted octanol–water partition coefficient (Wildman–Crippen LogP) is 1.32. The third-order valence-electron chi connectivity index (χ3n) is 4.06. The van der Waals surface area contributed by atoms with E-state index in [1.807, 2.05) is 6.92 Å². The maximum absolute atomic E-state index is 12.6. The molecule has 0 aromatic carbocycles. The quantitative estimate of drug-likeness (QED) is 0.627. The highest BCUT2D eigenvalue weighted by molar-refractivity contribution is 5.86. The number of carbonyl (C=O) groups is 3. The topological polar surface area (TPSA) is 113 Å². The van der Waals surface area contributed by atoms with Gasteiger partial charge in [0.2, 0.25) is 5.91 Å². The van der Waals surface area contributed by atoms with Crippen molar-refractivity contribution in [3.63, 3.8) is 0 Å². The Balaban J connectivity index is 2.59. The first kappa shape index (κ1) is 18.3. The molecule has 1 heterocycles. The van der Waals surface area contributed by atoms with E-state index < -0.39 is 18.0 Å². The highest BCUT2D eigenvalue weighted by atomic mass is 16.4. The van der Waals surface area contributed by atoms with Gasteiger partial charge in [0.1, 0.15) is 6.04 Å². The standard InChI is InChI=1S/C15H27N3O4/c1-2-3-6-12(17-15(16)22)14(21)18-9-4-5-11(10-18)7-8-13(19)20/h11-12H,2-10H2,1H3,(H,19,20)(H3,16,17,22). The molecule has 0 saturated carbocycles. The summed E-state index contributed by atoms with van der Waals surface area (Å²) < 4.78 is 0. The molecule has 0 aromatic heterocycles. The molecule has 4 N–H and O–H groups in total. The van der Waals surface area contributed by atoms with Crippen LogP contribution >= 0.6 is 0 Å². The van der Waals surface area contributed by atoms with E-state index >= 15 is 0 Å². The van der Waals surface area contributed by atoms with Crippen LogP contribution in [-0.4, -0.2) is 47.0 Å². The highest BCUT2D eigenvalue weighted by Crippen LogP contribution is 2.22. The number of likely N-dealkylation sites (tertiary alicyclic amines) is 1. The van der Waals surface area contributed by atoms with Gasteiger partial charge in [-0.3, -0.25) is 9.59 Å². The zero-order valence-electron chi connectivity index (χ0n) is 13.2. The number of piperidine rings is 1. The number of aliphatic carboxylic acids is 1. The Morgan fingerprint density at radius 1 is 1.41 bits per heavy atom. The molecule has 7 nitrogen and oxygen atoms in total. The second kappa shape index (κ2) is 9.27. The number of amides is 3. The minimum Gasteiger partial charge on any atom is -0.481 e. The Hall–Kier alpha value is -1.79. The van der Waals surface area contributed by atoms with E-state index in [0.29, 0.717) is 25.9 Å². The molecule has 0 spiro atoms. The van der Waals surface area contributed by atoms with Gasteiger partial charge in [0.25, 0.3) is 0 Å². The summed E-state index contributed by atoms with van der Waals surface area (Å²) in [6.45, 7) is 3.25. The molecule has 1 aliphatic rings. The summed E-state index contributed by atoms with van der Waals surface area (Å²) in [7, 11) is 0. The molecule has 0 bridgehead atoms. The number of nitrogens with two attached hydrogens (primary N) is 1. The normalized spacial score (nSPS) is 19.5. The van der Waals surface area contributed by atoms with Crippen molar-refractivity contribution in [3.8, 4) is 0 Å². The van der Waals surface area contributed by atoms with Gasteiger partial charge in [0.15, 0.2) is 0 Å². The molecule has 0 radical (unpaired) electrons. The van der Waals surface area contributed by atoms with E-state index in [1.54, 1.807) is 4.90 Å². The number of rotatable bonds is 8. The molecule has 1 aliphatic heterocycles. The molecule has 0 aliphatic carbocycles. The summed E-state index contributed by atoms with van der Waals surface area (Å²) in [5, 5.41) is 11.3. The molecule has 0 aromatic rings. The lowest BCUT2D eigenvalue weighted by Gasteiger charge is -2.35. The zero-order chi connectivity index (χ0) is 16.5. The largest absolute Gasteiger partial charge is 0.481 e. The molecule has 3 amide bonds. The molecule has 2 unspecified atom stereocenters. The number of primary amides is 1. The maximum Gasteiger partial charge on any atom is 0.312 e. The fourth-order valence-electron chi connectivity index (χ4n) is 2.89. The smallest absolute Gasteiger partial charge is 0.312 e. The second-order valence-electron chi connectivity index (χ2n) is 5.93. The summed E-state index contributed by atoms with van der Waals surface area (Å²) in [5.74, 6) is -0.693. The number of nitrogens with one attached hydrogen (secondary N) is 1. The Morgan fingerprint density at radius 2 is 2.14 bits per heavy atom. The van der Waals surface area contributed by atoms with Crippen LogP contribution in [0, 0.1) is 5.92 Å². The average Bonchev–Trinajstić information content (AvgIpc) is 2.48. The van der Waals surface area contributed by atoms with Gasteiger partial charge in [-0.2, -0.15) is 0 Å². The van der Waals surface area contributed by atoms with Crippen LogP contribution in [0.2, 0.25) is 0 Å². The Labute approximate surface area is 131 Å². The monoisotopic (exact) mass is 313 g/mol. The van der Waals surface area contributed by atoms with Crippen molar-refractivity contribution in [3.05, 3.63) is 0 Å². The summed E-state index contributed by atoms with van der Waals surface area (Å²) in [6.07, 6.45) is 4.88. The number of carbonyl (C=O) groups excluding carboxylic acids is 2. The van der Waals surface area contributed by atoms with Crippen LogP contribution in [0.1, 0.15) is 51.9 Å². The summed E-state index contributed by atoms with van der Waals surface area (Å²) in [4.78, 5) is 36.0. The Bertz CT molecular complexity index is 400. The second-order valence-corrected chi connectivity index (χ2v) is 5.93. The molecular formula is C15H27N3O4. The first-order valence-electron chi connectivity index (χ1n) is 8.00. The predicted molar refractivity (Wildman–Crippen MR) is 82.2 cm³/mol. The number of carboxylic acid groups (broad SMARTS) is 1. The third-order valence-corrected chi connectivity index (χ3v) is 4.06. The number of hydrogen-bond acceptors (Lipinski definition) is 3. The van der Waals surface area contributed by atoms with Gasteiger partial charge in [-0.05, 0) is 31.6 Å². The van der Waals surface area contributed by atoms with Crippen LogP contribution in [0.25, 0.3) is 0 Å². The Morgan fingerprint density at radius 3 is 2.73 bits per heavy atom. The molecule has 2 atom stereocenters. The van der Waals surface area contributed by atoms with Crippen molar-refractivity contribution in [2.45, 2.75) is 57.9 Å². The minimum absolute atomic E-state index is 0.104. The van der Waals surface area contributed by atoms with Crippen molar-refractivity contribution in [1.29, 1.82) is 0 Å². The number of carboxylic acids is 1. The van der Waals surface area contributed by atoms with Crippen LogP contribution in [0.15, 0.2) is 0 Å². The lowest BCUT2D eigenvalue weighted by Crippen LogP contribution is -2.52. The van der Waals surface area contributed by atoms with Gasteiger partial charge in [0, 0.05) is 19.5 Å². The van der Waals surface area contributed by atoms with Crippen molar-refractivity contribution in [2.24, 2.45) is 11.7 Å². The van der Waals surface area contributed by atoms with Crippen LogP contribution in [0.3, 0.4) is 0 Å². The van der Waals surface area contributed by atoms with Gasteiger partial charge in [-0.15, -0.1) is 0 Å². The minimum atomic E-state index is -0.806. The van der Waals surface area contributed by atoms with Gasteiger partial charge in [-0.25, -0.2) is 4.79 Å². The van der Waals surface area contributed by atoms with E-state index in [-0.39, 0.29) is 18.2 Å². The zero-order valence-corrected chi connectivity index (χ0v) is 13.2. The van der Waals surface area contributed by atoms with Crippen LogP contribution in [0.4, 0.5) is 4.79 Å². The number of hydrogen-bond donors (Lipinski definition) is 3. The van der Waals surface area contributed by atoms with E-state index in [0.717, 1.165) is 25.7 Å². The van der Waals surface area contributed by atoms with E-state index in [2.05, 4.69) is 5.32 Å². The average molecular weight is 313 g/mol. The lowest BCUT2D eigenvalue weighted by atomic mass is 9.92. The lowest BCUT2D eigenvalue weighted by molar-refractivity contribution is -0.137. The molecule has 1 fully saturated rings. The fourth-order valence-corrected chi connectivity index (χ4v) is 2.89. The summed E-state index contributed by atoms with van der Waals surface area (Å²) >= 11 is 0. The first-order chi connectivity index (χ1) is 10.4. The van der Waals surface area contributed by atoms with Gasteiger partial charge >= 0.3 is 12.0 Å². The molecule has 7 heteroatoms. The van der Waals surface area contributed by atoms with Crippen LogP contribution in [0.5, 0.6) is 0 Å². The number of urea groups is 1. The fraction of sp³-hybridized carbons (Fsp3) is 0.800. The molecule has 126 valence electrons. The Kier molecular flexibility index (Phi) is 7.70. The number of unbranched alkanes of at least 4 members (excludes halogenated alkanes) is 1. The van der Waals surface area contributed by atoms with Crippen LogP contribution in [-0.2, 0) is 9.59 Å². The first-order valence-corrected chi connectivity index (χ1v) is 8.00. The third kappa shape index (κ3) is 6.32. The van der Waals surface area contributed by atoms with Crippen molar-refractivity contribution in [2.75, 3.05) is 13.1 Å². The molecule has 22 heavy (non-hydrogen) atoms.